The summed E-state index contributed by atoms with van der Waals surface area (Å²) in [7, 11) is 0. The first-order valence-corrected chi connectivity index (χ1v) is 12.8. The van der Waals surface area contributed by atoms with E-state index in [9.17, 15) is 0 Å². The van der Waals surface area contributed by atoms with Crippen LogP contribution in [0.1, 0.15) is 88.0 Å². The normalized spacial score (nSPS) is 13.1. The van der Waals surface area contributed by atoms with Crippen molar-refractivity contribution < 1.29 is 0 Å². The van der Waals surface area contributed by atoms with E-state index in [0.717, 1.165) is 57.7 Å². The van der Waals surface area contributed by atoms with Gasteiger partial charge in [-0.15, -0.1) is 0 Å². The van der Waals surface area contributed by atoms with E-state index in [4.69, 9.17) is 9.97 Å². The van der Waals surface area contributed by atoms with Crippen LogP contribution in [0.3, 0.4) is 0 Å². The second kappa shape index (κ2) is 10.3. The van der Waals surface area contributed by atoms with Gasteiger partial charge in [0.25, 0.3) is 0 Å². The van der Waals surface area contributed by atoms with Crippen LogP contribution in [0.4, 0.5) is 0 Å². The highest BCUT2D eigenvalue weighted by Gasteiger charge is 2.18. The van der Waals surface area contributed by atoms with Gasteiger partial charge in [-0.3, -0.25) is 0 Å². The van der Waals surface area contributed by atoms with E-state index in [1.807, 2.05) is 0 Å². The molecule has 5 heterocycles. The van der Waals surface area contributed by atoms with Crippen molar-refractivity contribution in [3.63, 3.8) is 0 Å². The maximum absolute atomic E-state index is 5.12. The lowest BCUT2D eigenvalue weighted by Gasteiger charge is -2.07. The molecule has 0 atom stereocenters. The van der Waals surface area contributed by atoms with Gasteiger partial charge in [0.05, 0.1) is 22.8 Å². The number of H-pyrrole nitrogens is 2. The molecule has 0 unspecified atom stereocenters. The van der Waals surface area contributed by atoms with Gasteiger partial charge in [0.1, 0.15) is 0 Å². The molecule has 0 saturated heterocycles. The van der Waals surface area contributed by atoms with Crippen LogP contribution in [-0.4, -0.2) is 19.9 Å². The number of nitrogens with zero attached hydrogens (tertiary/aromatic N) is 2. The Morgan fingerprint density at radius 3 is 1.88 bits per heavy atom. The lowest BCUT2D eigenvalue weighted by molar-refractivity contribution is 0.613. The number of fused-ring (bicyclic) bond motifs is 8. The maximum atomic E-state index is 5.12. The fourth-order valence-electron chi connectivity index (χ4n) is 4.93. The molecule has 34 heavy (non-hydrogen) atoms. The summed E-state index contributed by atoms with van der Waals surface area (Å²) < 4.78 is 0. The molecule has 0 saturated carbocycles. The van der Waals surface area contributed by atoms with Gasteiger partial charge in [-0.05, 0) is 91.1 Å². The molecular weight excluding hydrogens is 416 g/mol. The summed E-state index contributed by atoms with van der Waals surface area (Å²) in [4.78, 5) is 17.0. The molecule has 3 aromatic rings. The van der Waals surface area contributed by atoms with Crippen LogP contribution in [0.15, 0.2) is 48.5 Å². The first-order chi connectivity index (χ1) is 16.7. The lowest BCUT2D eigenvalue weighted by atomic mass is 9.97. The van der Waals surface area contributed by atoms with E-state index < -0.39 is 0 Å². The van der Waals surface area contributed by atoms with E-state index in [0.29, 0.717) is 0 Å². The lowest BCUT2D eigenvalue weighted by Crippen LogP contribution is -1.87. The number of aromatic amines is 2. The van der Waals surface area contributed by atoms with Gasteiger partial charge in [0.2, 0.25) is 0 Å². The number of unbranched alkanes of at least 4 members (excludes halogenated alkanes) is 5. The molecule has 8 bridgehead atoms. The summed E-state index contributed by atoms with van der Waals surface area (Å²) in [5.74, 6) is 0. The van der Waals surface area contributed by atoms with Crippen LogP contribution in [-0.2, 0) is 0 Å². The minimum Gasteiger partial charge on any atom is -0.355 e. The summed E-state index contributed by atoms with van der Waals surface area (Å²) in [5.41, 5.74) is 11.1. The molecule has 2 N–H and O–H groups in total. The molecule has 0 fully saturated rings. The molecule has 2 aliphatic heterocycles. The topological polar surface area (TPSA) is 57.4 Å². The Kier molecular flexibility index (Phi) is 6.75. The van der Waals surface area contributed by atoms with Gasteiger partial charge in [-0.2, -0.15) is 0 Å². The van der Waals surface area contributed by atoms with Crippen molar-refractivity contribution in [1.29, 1.82) is 0 Å². The van der Waals surface area contributed by atoms with Crippen LogP contribution < -0.4 is 0 Å². The molecule has 0 spiro atoms. The Bertz CT molecular complexity index is 1380. The van der Waals surface area contributed by atoms with Crippen molar-refractivity contribution in [1.82, 2.24) is 19.9 Å². The Morgan fingerprint density at radius 1 is 0.588 bits per heavy atom. The molecule has 0 aromatic carbocycles. The number of rotatable bonds is 8. The highest BCUT2D eigenvalue weighted by atomic mass is 14.8. The summed E-state index contributed by atoms with van der Waals surface area (Å²) in [6, 6.07) is 17.0. The predicted octanol–water partition coefficient (Wildman–Crippen LogP) is 8.56. The van der Waals surface area contributed by atoms with Crippen molar-refractivity contribution in [3.8, 4) is 0 Å². The number of hydrogen-bond acceptors (Lipinski definition) is 2. The number of hydrogen-bond donors (Lipinski definition) is 2. The zero-order valence-electron chi connectivity index (χ0n) is 20.3. The predicted molar refractivity (Wildman–Crippen MR) is 145 cm³/mol. The van der Waals surface area contributed by atoms with Gasteiger partial charge in [0, 0.05) is 22.1 Å². The average molecular weight is 451 g/mol. The van der Waals surface area contributed by atoms with Crippen molar-refractivity contribution in [2.45, 2.75) is 65.2 Å². The smallest absolute Gasteiger partial charge is 0.0694 e. The summed E-state index contributed by atoms with van der Waals surface area (Å²) in [5, 5.41) is 0. The quantitative estimate of drug-likeness (QED) is 0.264. The highest BCUT2D eigenvalue weighted by molar-refractivity contribution is 5.93. The van der Waals surface area contributed by atoms with Crippen LogP contribution in [0, 0.1) is 0 Å². The summed E-state index contributed by atoms with van der Waals surface area (Å²) >= 11 is 0. The van der Waals surface area contributed by atoms with Crippen LogP contribution >= 0.6 is 0 Å². The van der Waals surface area contributed by atoms with Crippen LogP contribution in [0.5, 0.6) is 0 Å². The first kappa shape index (κ1) is 22.4. The Morgan fingerprint density at radius 2 is 1.18 bits per heavy atom. The van der Waals surface area contributed by atoms with E-state index >= 15 is 0 Å². The van der Waals surface area contributed by atoms with Gasteiger partial charge < -0.3 is 9.97 Å². The minimum absolute atomic E-state index is 0.959. The van der Waals surface area contributed by atoms with Crippen LogP contribution in [0.25, 0.3) is 45.4 Å². The average Bonchev–Trinajstić information content (AvgIpc) is 3.61. The maximum Gasteiger partial charge on any atom is 0.0694 e. The molecule has 4 heteroatoms. The van der Waals surface area contributed by atoms with E-state index in [2.05, 4.69) is 84.5 Å². The zero-order chi connectivity index (χ0) is 23.3. The number of aromatic nitrogens is 4. The van der Waals surface area contributed by atoms with Crippen molar-refractivity contribution in [2.75, 3.05) is 0 Å². The Labute approximate surface area is 201 Å². The van der Waals surface area contributed by atoms with E-state index in [-0.39, 0.29) is 0 Å². The number of allylic oxidation sites excluding steroid dienone is 2. The third-order valence-corrected chi connectivity index (χ3v) is 6.69. The van der Waals surface area contributed by atoms with E-state index in [1.54, 1.807) is 0 Å². The van der Waals surface area contributed by atoms with Gasteiger partial charge in [-0.1, -0.05) is 46.0 Å². The third kappa shape index (κ3) is 5.06. The molecule has 0 aliphatic carbocycles. The SMILES string of the molecule is CCCCCCCCC1=C(CC)c2cc3ccc(cc4ccc(cc5nc(cc1n2)C=C5)[nH]4)[nH]3. The highest BCUT2D eigenvalue weighted by Crippen LogP contribution is 2.36. The third-order valence-electron chi connectivity index (χ3n) is 6.69. The monoisotopic (exact) mass is 450 g/mol. The van der Waals surface area contributed by atoms with Crippen molar-refractivity contribution >= 4 is 45.4 Å². The van der Waals surface area contributed by atoms with Crippen LogP contribution in [0.2, 0.25) is 0 Å². The van der Waals surface area contributed by atoms with Crippen molar-refractivity contribution in [3.05, 3.63) is 71.3 Å². The summed E-state index contributed by atoms with van der Waals surface area (Å²) in [6.45, 7) is 4.52. The second-order valence-electron chi connectivity index (χ2n) is 9.32. The summed E-state index contributed by atoms with van der Waals surface area (Å²) in [6.07, 6.45) is 14.0. The molecule has 174 valence electrons. The Hall–Kier alpha value is -3.40. The standard InChI is InChI=1S/C30H34N4/c1-3-5-6-7-8-9-10-28-27(4-2)29-19-25-15-13-23(32-25)17-21-11-12-22(31-21)18-24-14-16-26(33-24)20-30(28)34-29/h11-20,31-32H,3-10H2,1-2H3. The number of nitrogens with one attached hydrogen (secondary N) is 2. The molecule has 3 aromatic heterocycles. The fourth-order valence-corrected chi connectivity index (χ4v) is 4.93. The van der Waals surface area contributed by atoms with Crippen molar-refractivity contribution in [2.24, 2.45) is 0 Å². The first-order valence-electron chi connectivity index (χ1n) is 12.8. The second-order valence-corrected chi connectivity index (χ2v) is 9.32. The zero-order valence-corrected chi connectivity index (χ0v) is 20.3. The minimum atomic E-state index is 0.959. The largest absolute Gasteiger partial charge is 0.355 e. The fraction of sp³-hybridized carbons (Fsp3) is 0.333. The molecule has 0 amide bonds. The molecule has 0 radical (unpaired) electrons. The molecular formula is C30H34N4. The Balaban J connectivity index is 1.60. The van der Waals surface area contributed by atoms with E-state index in [1.165, 1.54) is 49.7 Å². The van der Waals surface area contributed by atoms with Gasteiger partial charge >= 0.3 is 0 Å². The molecule has 2 aliphatic rings. The molecule has 5 rings (SSSR count). The molecule has 4 nitrogen and oxygen atoms in total. The van der Waals surface area contributed by atoms with Gasteiger partial charge in [-0.25, -0.2) is 9.97 Å². The van der Waals surface area contributed by atoms with Gasteiger partial charge in [0.15, 0.2) is 0 Å².